The van der Waals surface area contributed by atoms with Gasteiger partial charge in [0.2, 0.25) is 11.8 Å². The maximum atomic E-state index is 6.05. The lowest BCUT2D eigenvalue weighted by Gasteiger charge is -2.38. The number of aromatic nitrogens is 2. The molecule has 1 aromatic heterocycles. The molecule has 0 unspecified atom stereocenters. The largest absolute Gasteiger partial charge is 0.419 e. The number of anilines is 1. The number of nitrogens with zero attached hydrogens (tertiary/aromatic N) is 4. The van der Waals surface area contributed by atoms with Crippen molar-refractivity contribution in [2.24, 2.45) is 0 Å². The van der Waals surface area contributed by atoms with Crippen LogP contribution in [0.3, 0.4) is 0 Å². The Hall–Kier alpha value is -2.37. The summed E-state index contributed by atoms with van der Waals surface area (Å²) >= 11 is 6.05. The van der Waals surface area contributed by atoms with E-state index in [2.05, 4.69) is 57.3 Å². The molecule has 0 radical (unpaired) electrons. The van der Waals surface area contributed by atoms with Crippen LogP contribution in [0.25, 0.3) is 11.5 Å². The van der Waals surface area contributed by atoms with E-state index < -0.39 is 0 Å². The standard InChI is InChI=1S/C20H21ClN4O/c1-15(19-22-23-20(26-19)16-6-5-7-17(21)14-16)24-10-12-25(13-11-24)18-8-3-2-4-9-18/h2-9,14-15H,10-13H2,1H3/t15-/m1/s1. The highest BCUT2D eigenvalue weighted by molar-refractivity contribution is 6.30. The molecule has 1 saturated heterocycles. The number of piperazine rings is 1. The zero-order valence-electron chi connectivity index (χ0n) is 14.7. The van der Waals surface area contributed by atoms with E-state index in [1.165, 1.54) is 5.69 Å². The summed E-state index contributed by atoms with van der Waals surface area (Å²) in [4.78, 5) is 4.79. The maximum absolute atomic E-state index is 6.05. The van der Waals surface area contributed by atoms with Crippen LogP contribution >= 0.6 is 11.6 Å². The van der Waals surface area contributed by atoms with Crippen LogP contribution in [0.15, 0.2) is 59.0 Å². The fourth-order valence-corrected chi connectivity index (χ4v) is 3.49. The highest BCUT2D eigenvalue weighted by Gasteiger charge is 2.26. The van der Waals surface area contributed by atoms with E-state index in [0.29, 0.717) is 16.8 Å². The van der Waals surface area contributed by atoms with Gasteiger partial charge >= 0.3 is 0 Å². The maximum Gasteiger partial charge on any atom is 0.247 e. The fraction of sp³-hybridized carbons (Fsp3) is 0.300. The number of benzene rings is 2. The topological polar surface area (TPSA) is 45.4 Å². The molecule has 134 valence electrons. The summed E-state index contributed by atoms with van der Waals surface area (Å²) in [5.41, 5.74) is 2.12. The third-order valence-electron chi connectivity index (χ3n) is 4.85. The number of hydrogen-bond donors (Lipinski definition) is 0. The summed E-state index contributed by atoms with van der Waals surface area (Å²) < 4.78 is 5.92. The molecular formula is C20H21ClN4O. The van der Waals surface area contributed by atoms with Crippen LogP contribution in [0.5, 0.6) is 0 Å². The van der Waals surface area contributed by atoms with Gasteiger partial charge in [-0.15, -0.1) is 10.2 Å². The molecule has 1 fully saturated rings. The summed E-state index contributed by atoms with van der Waals surface area (Å²) in [6.45, 7) is 6.02. The zero-order valence-corrected chi connectivity index (χ0v) is 15.4. The second kappa shape index (κ2) is 7.48. The van der Waals surface area contributed by atoms with Gasteiger partial charge in [-0.05, 0) is 37.3 Å². The molecule has 26 heavy (non-hydrogen) atoms. The minimum Gasteiger partial charge on any atom is -0.419 e. The number of rotatable bonds is 4. The lowest BCUT2D eigenvalue weighted by molar-refractivity contribution is 0.174. The van der Waals surface area contributed by atoms with E-state index in [1.807, 2.05) is 24.3 Å². The van der Waals surface area contributed by atoms with Crippen LogP contribution in [0.1, 0.15) is 18.9 Å². The number of halogens is 1. The summed E-state index contributed by atoms with van der Waals surface area (Å²) in [5, 5.41) is 9.11. The second-order valence-corrected chi connectivity index (χ2v) is 6.93. The van der Waals surface area contributed by atoms with Gasteiger partial charge in [0.25, 0.3) is 0 Å². The van der Waals surface area contributed by atoms with Gasteiger partial charge in [-0.3, -0.25) is 4.90 Å². The van der Waals surface area contributed by atoms with Gasteiger partial charge in [-0.1, -0.05) is 35.9 Å². The molecule has 1 atom stereocenters. The zero-order chi connectivity index (χ0) is 17.9. The van der Waals surface area contributed by atoms with Crippen LogP contribution in [-0.4, -0.2) is 41.3 Å². The van der Waals surface area contributed by atoms with Gasteiger partial charge in [0.15, 0.2) is 0 Å². The van der Waals surface area contributed by atoms with Crippen molar-refractivity contribution in [2.75, 3.05) is 31.1 Å². The van der Waals surface area contributed by atoms with Crippen LogP contribution in [0.2, 0.25) is 5.02 Å². The van der Waals surface area contributed by atoms with Crippen LogP contribution < -0.4 is 4.90 Å². The molecule has 1 aliphatic heterocycles. The average molecular weight is 369 g/mol. The monoisotopic (exact) mass is 368 g/mol. The first-order valence-corrected chi connectivity index (χ1v) is 9.22. The number of para-hydroxylation sites is 1. The summed E-state index contributed by atoms with van der Waals surface area (Å²) in [7, 11) is 0. The summed E-state index contributed by atoms with van der Waals surface area (Å²) in [6.07, 6.45) is 0. The van der Waals surface area contributed by atoms with Crippen molar-refractivity contribution < 1.29 is 4.42 Å². The molecule has 5 nitrogen and oxygen atoms in total. The summed E-state index contributed by atoms with van der Waals surface area (Å²) in [5.74, 6) is 1.16. The molecule has 0 bridgehead atoms. The van der Waals surface area contributed by atoms with Crippen molar-refractivity contribution >= 4 is 17.3 Å². The summed E-state index contributed by atoms with van der Waals surface area (Å²) in [6, 6.07) is 18.1. The molecule has 3 aromatic rings. The van der Waals surface area contributed by atoms with Crippen molar-refractivity contribution in [3.05, 3.63) is 65.5 Å². The van der Waals surface area contributed by atoms with E-state index in [0.717, 1.165) is 31.7 Å². The van der Waals surface area contributed by atoms with Gasteiger partial charge in [0, 0.05) is 42.5 Å². The first-order valence-electron chi connectivity index (χ1n) is 8.84. The minimum atomic E-state index is 0.0911. The molecule has 0 N–H and O–H groups in total. The molecule has 0 spiro atoms. The van der Waals surface area contributed by atoms with Crippen molar-refractivity contribution in [1.29, 1.82) is 0 Å². The first-order chi connectivity index (χ1) is 12.7. The molecule has 1 aliphatic rings. The van der Waals surface area contributed by atoms with Crippen molar-refractivity contribution in [3.8, 4) is 11.5 Å². The van der Waals surface area contributed by atoms with Crippen LogP contribution in [-0.2, 0) is 0 Å². The molecule has 0 amide bonds. The molecule has 4 rings (SSSR count). The Bertz CT molecular complexity index is 859. The predicted octanol–water partition coefficient (Wildman–Crippen LogP) is 4.27. The van der Waals surface area contributed by atoms with Gasteiger partial charge in [-0.2, -0.15) is 0 Å². The van der Waals surface area contributed by atoms with Gasteiger partial charge < -0.3 is 9.32 Å². The van der Waals surface area contributed by atoms with Crippen molar-refractivity contribution in [2.45, 2.75) is 13.0 Å². The number of hydrogen-bond acceptors (Lipinski definition) is 5. The first kappa shape index (κ1) is 17.1. The predicted molar refractivity (Wildman–Crippen MR) is 103 cm³/mol. The van der Waals surface area contributed by atoms with E-state index in [-0.39, 0.29) is 6.04 Å². The lowest BCUT2D eigenvalue weighted by Crippen LogP contribution is -2.47. The highest BCUT2D eigenvalue weighted by atomic mass is 35.5. The Labute approximate surface area is 158 Å². The van der Waals surface area contributed by atoms with E-state index in [1.54, 1.807) is 0 Å². The van der Waals surface area contributed by atoms with Gasteiger partial charge in [-0.25, -0.2) is 0 Å². The normalized spacial score (nSPS) is 16.6. The van der Waals surface area contributed by atoms with Crippen molar-refractivity contribution in [1.82, 2.24) is 15.1 Å². The molecule has 6 heteroatoms. The molecular weight excluding hydrogens is 348 g/mol. The molecule has 0 saturated carbocycles. The van der Waals surface area contributed by atoms with E-state index in [9.17, 15) is 0 Å². The van der Waals surface area contributed by atoms with Gasteiger partial charge in [0.1, 0.15) is 0 Å². The quantitative estimate of drug-likeness (QED) is 0.688. The van der Waals surface area contributed by atoms with Crippen molar-refractivity contribution in [3.63, 3.8) is 0 Å². The molecule has 0 aliphatic carbocycles. The third-order valence-corrected chi connectivity index (χ3v) is 5.09. The Morgan fingerprint density at radius 2 is 1.73 bits per heavy atom. The fourth-order valence-electron chi connectivity index (χ4n) is 3.30. The van der Waals surface area contributed by atoms with E-state index in [4.69, 9.17) is 16.0 Å². The smallest absolute Gasteiger partial charge is 0.247 e. The van der Waals surface area contributed by atoms with Crippen LogP contribution in [0.4, 0.5) is 5.69 Å². The highest BCUT2D eigenvalue weighted by Crippen LogP contribution is 2.27. The lowest BCUT2D eigenvalue weighted by atomic mass is 10.2. The van der Waals surface area contributed by atoms with Crippen LogP contribution in [0, 0.1) is 0 Å². The Morgan fingerprint density at radius 1 is 0.962 bits per heavy atom. The third kappa shape index (κ3) is 3.59. The SMILES string of the molecule is C[C@H](c1nnc(-c2cccc(Cl)c2)o1)N1CCN(c2ccccc2)CC1. The molecule has 2 heterocycles. The van der Waals surface area contributed by atoms with E-state index >= 15 is 0 Å². The van der Waals surface area contributed by atoms with Gasteiger partial charge in [0.05, 0.1) is 6.04 Å². The minimum absolute atomic E-state index is 0.0911. The second-order valence-electron chi connectivity index (χ2n) is 6.49. The Kier molecular flexibility index (Phi) is 4.91. The average Bonchev–Trinajstić information content (AvgIpc) is 3.18. The molecule has 2 aromatic carbocycles. The Morgan fingerprint density at radius 3 is 2.46 bits per heavy atom. The Balaban J connectivity index is 1.42.